The second-order valence-electron chi connectivity index (χ2n) is 9.35. The van der Waals surface area contributed by atoms with Gasteiger partial charge < -0.3 is 32.3 Å². The van der Waals surface area contributed by atoms with Crippen molar-refractivity contribution in [2.75, 3.05) is 31.9 Å². The molecule has 0 aromatic heterocycles. The molecule has 0 spiro atoms. The Morgan fingerprint density at radius 2 is 1.31 bits per heavy atom. The van der Waals surface area contributed by atoms with Crippen LogP contribution in [0.1, 0.15) is 77.0 Å². The largest absolute Gasteiger partial charge is 0.356 e. The minimum atomic E-state index is -0.122. The Bertz CT molecular complexity index is 680. The summed E-state index contributed by atoms with van der Waals surface area (Å²) in [5, 5.41) is 15.1. The van der Waals surface area contributed by atoms with E-state index in [1.807, 2.05) is 11.8 Å². The van der Waals surface area contributed by atoms with Crippen molar-refractivity contribution in [2.45, 2.75) is 94.4 Å². The Morgan fingerprint density at radius 1 is 0.771 bits per heavy atom. The van der Waals surface area contributed by atoms with Crippen LogP contribution in [-0.4, -0.2) is 73.0 Å². The number of unbranched alkanes of at least 4 members (excludes halogenated alkanes) is 6. The first-order valence-electron chi connectivity index (χ1n) is 13.2. The first kappa shape index (κ1) is 29.2. The van der Waals surface area contributed by atoms with E-state index in [4.69, 9.17) is 5.73 Å². The summed E-state index contributed by atoms with van der Waals surface area (Å²) in [7, 11) is 0. The van der Waals surface area contributed by atoms with E-state index in [-0.39, 0.29) is 42.4 Å². The third kappa shape index (κ3) is 12.5. The maximum atomic E-state index is 12.0. The zero-order chi connectivity index (χ0) is 25.3. The van der Waals surface area contributed by atoms with Crippen molar-refractivity contribution in [2.24, 2.45) is 5.73 Å². The number of hydrogen-bond acceptors (Lipinski definition) is 6. The lowest BCUT2D eigenvalue weighted by Crippen LogP contribution is -2.36. The van der Waals surface area contributed by atoms with Gasteiger partial charge in [0, 0.05) is 43.5 Å². The number of carbonyl (C=O) groups excluding carboxylic acids is 4. The molecular weight excluding hydrogens is 468 g/mol. The molecule has 0 saturated carbocycles. The van der Waals surface area contributed by atoms with E-state index in [0.717, 1.165) is 70.0 Å². The molecule has 2 fully saturated rings. The molecular formula is C24H44N6O4S. The van der Waals surface area contributed by atoms with Gasteiger partial charge in [-0.1, -0.05) is 25.7 Å². The Labute approximate surface area is 213 Å². The van der Waals surface area contributed by atoms with Crippen LogP contribution in [0.3, 0.4) is 0 Å². The van der Waals surface area contributed by atoms with Gasteiger partial charge in [-0.2, -0.15) is 11.8 Å². The average Bonchev–Trinajstić information content (AvgIpc) is 3.39. The first-order chi connectivity index (χ1) is 17.0. The highest BCUT2D eigenvalue weighted by Gasteiger charge is 2.42. The van der Waals surface area contributed by atoms with E-state index in [1.54, 1.807) is 0 Å². The molecule has 35 heavy (non-hydrogen) atoms. The minimum Gasteiger partial charge on any atom is -0.356 e. The normalized spacial score (nSPS) is 20.6. The van der Waals surface area contributed by atoms with Crippen LogP contribution >= 0.6 is 11.8 Å². The molecule has 5 amide bonds. The predicted octanol–water partition coefficient (Wildman–Crippen LogP) is 1.14. The summed E-state index contributed by atoms with van der Waals surface area (Å²) in [4.78, 5) is 46.3. The van der Waals surface area contributed by atoms with Crippen LogP contribution in [0.5, 0.6) is 0 Å². The molecule has 2 saturated heterocycles. The standard InChI is InChI=1S/C24H44N6O4S/c25-16-22(33)28-15-8-2-1-7-13-26-20(31)11-4-3-9-14-27-21(32)12-6-5-10-19-23-18(17-35-19)29-24(34)30-23/h18-19,23H,1-17,25H2,(H,26,31)(H,27,32)(H,28,33)(H2,29,30,34)/t18-,19-,23-/m0/s1. The lowest BCUT2D eigenvalue weighted by molar-refractivity contribution is -0.122. The fourth-order valence-electron chi connectivity index (χ4n) is 4.40. The number of rotatable bonds is 19. The van der Waals surface area contributed by atoms with Gasteiger partial charge in [0.15, 0.2) is 0 Å². The van der Waals surface area contributed by atoms with Gasteiger partial charge in [0.05, 0.1) is 18.6 Å². The zero-order valence-electron chi connectivity index (χ0n) is 20.9. The van der Waals surface area contributed by atoms with Gasteiger partial charge in [-0.05, 0) is 38.5 Å². The quantitative estimate of drug-likeness (QED) is 0.113. The van der Waals surface area contributed by atoms with Gasteiger partial charge in [0.2, 0.25) is 17.7 Å². The lowest BCUT2D eigenvalue weighted by Gasteiger charge is -2.16. The summed E-state index contributed by atoms with van der Waals surface area (Å²) in [5.41, 5.74) is 5.22. The van der Waals surface area contributed by atoms with E-state index in [2.05, 4.69) is 26.6 Å². The van der Waals surface area contributed by atoms with Crippen LogP contribution in [0.25, 0.3) is 0 Å². The summed E-state index contributed by atoms with van der Waals surface area (Å²) in [6.07, 6.45) is 10.5. The summed E-state index contributed by atoms with van der Waals surface area (Å²) < 4.78 is 0. The first-order valence-corrected chi connectivity index (χ1v) is 14.2. The maximum Gasteiger partial charge on any atom is 0.315 e. The van der Waals surface area contributed by atoms with Crippen molar-refractivity contribution in [1.29, 1.82) is 0 Å². The third-order valence-corrected chi connectivity index (χ3v) is 7.93. The Balaban J connectivity index is 1.32. The number of fused-ring (bicyclic) bond motifs is 1. The molecule has 0 bridgehead atoms. The molecule has 0 unspecified atom stereocenters. The SMILES string of the molecule is NCC(=O)NCCCCCCNC(=O)CCCCCNC(=O)CCCC[C@@H]1SC[C@@H]2NC(=O)N[C@@H]21. The number of urea groups is 1. The molecule has 7 N–H and O–H groups in total. The Kier molecular flexibility index (Phi) is 14.5. The fraction of sp³-hybridized carbons (Fsp3) is 0.833. The van der Waals surface area contributed by atoms with E-state index in [9.17, 15) is 19.2 Å². The van der Waals surface area contributed by atoms with Crippen molar-refractivity contribution < 1.29 is 19.2 Å². The molecule has 0 aromatic rings. The van der Waals surface area contributed by atoms with Crippen LogP contribution in [0, 0.1) is 0 Å². The lowest BCUT2D eigenvalue weighted by atomic mass is 10.0. The highest BCUT2D eigenvalue weighted by atomic mass is 32.2. The maximum absolute atomic E-state index is 12.0. The third-order valence-electron chi connectivity index (χ3n) is 6.42. The second-order valence-corrected chi connectivity index (χ2v) is 10.6. The minimum absolute atomic E-state index is 0.0318. The number of hydrogen-bond donors (Lipinski definition) is 6. The number of nitrogens with two attached hydrogens (primary N) is 1. The fourth-order valence-corrected chi connectivity index (χ4v) is 5.94. The number of nitrogens with one attached hydrogen (secondary N) is 5. The molecule has 2 rings (SSSR count). The van der Waals surface area contributed by atoms with Crippen molar-refractivity contribution >= 4 is 35.5 Å². The highest BCUT2D eigenvalue weighted by Crippen LogP contribution is 2.33. The highest BCUT2D eigenvalue weighted by molar-refractivity contribution is 8.00. The Hall–Kier alpha value is -2.01. The Morgan fingerprint density at radius 3 is 1.91 bits per heavy atom. The summed E-state index contributed by atoms with van der Waals surface area (Å²) in [5.74, 6) is 1.03. The van der Waals surface area contributed by atoms with Crippen molar-refractivity contribution in [3.05, 3.63) is 0 Å². The summed E-state index contributed by atoms with van der Waals surface area (Å²) in [6, 6.07) is 0.434. The second kappa shape index (κ2) is 17.4. The molecule has 10 nitrogen and oxygen atoms in total. The monoisotopic (exact) mass is 512 g/mol. The topological polar surface area (TPSA) is 154 Å². The van der Waals surface area contributed by atoms with Gasteiger partial charge in [-0.25, -0.2) is 4.79 Å². The van der Waals surface area contributed by atoms with Gasteiger partial charge in [0.25, 0.3) is 0 Å². The van der Waals surface area contributed by atoms with Crippen molar-refractivity contribution in [1.82, 2.24) is 26.6 Å². The van der Waals surface area contributed by atoms with E-state index in [1.165, 1.54) is 0 Å². The van der Waals surface area contributed by atoms with Crippen LogP contribution in [0.15, 0.2) is 0 Å². The van der Waals surface area contributed by atoms with Gasteiger partial charge in [0.1, 0.15) is 0 Å². The average molecular weight is 513 g/mol. The van der Waals surface area contributed by atoms with Crippen molar-refractivity contribution in [3.63, 3.8) is 0 Å². The van der Waals surface area contributed by atoms with E-state index < -0.39 is 0 Å². The van der Waals surface area contributed by atoms with Crippen LogP contribution in [-0.2, 0) is 14.4 Å². The smallest absolute Gasteiger partial charge is 0.315 e. The van der Waals surface area contributed by atoms with Crippen molar-refractivity contribution in [3.8, 4) is 0 Å². The zero-order valence-corrected chi connectivity index (χ0v) is 21.7. The van der Waals surface area contributed by atoms with Gasteiger partial charge in [-0.15, -0.1) is 0 Å². The molecule has 2 heterocycles. The number of carbonyl (C=O) groups is 4. The predicted molar refractivity (Wildman–Crippen MR) is 139 cm³/mol. The molecule has 11 heteroatoms. The number of amides is 5. The van der Waals surface area contributed by atoms with Gasteiger partial charge >= 0.3 is 6.03 Å². The van der Waals surface area contributed by atoms with E-state index >= 15 is 0 Å². The molecule has 3 atom stereocenters. The summed E-state index contributed by atoms with van der Waals surface area (Å²) in [6.45, 7) is 2.04. The summed E-state index contributed by atoms with van der Waals surface area (Å²) >= 11 is 1.91. The number of thioether (sulfide) groups is 1. The van der Waals surface area contributed by atoms with Gasteiger partial charge in [-0.3, -0.25) is 14.4 Å². The molecule has 200 valence electrons. The van der Waals surface area contributed by atoms with Crippen LogP contribution in [0.4, 0.5) is 4.79 Å². The molecule has 0 radical (unpaired) electrons. The molecule has 0 aliphatic carbocycles. The molecule has 2 aliphatic heterocycles. The van der Waals surface area contributed by atoms with Crippen LogP contribution in [0.2, 0.25) is 0 Å². The van der Waals surface area contributed by atoms with E-state index in [0.29, 0.717) is 37.7 Å². The molecule has 2 aliphatic rings. The molecule has 0 aromatic carbocycles. The van der Waals surface area contributed by atoms with Crippen LogP contribution < -0.4 is 32.3 Å².